The second kappa shape index (κ2) is 6.85. The second-order valence-corrected chi connectivity index (χ2v) is 5.60. The maximum Gasteiger partial charge on any atom is 0.341 e. The fourth-order valence-electron chi connectivity index (χ4n) is 2.74. The summed E-state index contributed by atoms with van der Waals surface area (Å²) in [5, 5.41) is 0. The number of ether oxygens (including phenoxy) is 1. The van der Waals surface area contributed by atoms with Crippen molar-refractivity contribution in [1.29, 1.82) is 0 Å². The number of hydrogen-bond donors (Lipinski definition) is 1. The lowest BCUT2D eigenvalue weighted by atomic mass is 9.93. The van der Waals surface area contributed by atoms with Gasteiger partial charge in [0, 0.05) is 25.3 Å². The van der Waals surface area contributed by atoms with E-state index in [1.807, 2.05) is 6.92 Å². The van der Waals surface area contributed by atoms with Gasteiger partial charge in [0.2, 0.25) is 5.95 Å². The summed E-state index contributed by atoms with van der Waals surface area (Å²) in [6, 6.07) is 0.265. The first-order chi connectivity index (χ1) is 10.1. The Bertz CT molecular complexity index is 506. The van der Waals surface area contributed by atoms with Gasteiger partial charge in [-0.05, 0) is 32.6 Å². The number of carbonyl (C=O) groups excluding carboxylic acids is 1. The summed E-state index contributed by atoms with van der Waals surface area (Å²) in [6.45, 7) is 7.67. The van der Waals surface area contributed by atoms with Crippen LogP contribution >= 0.6 is 0 Å². The minimum absolute atomic E-state index is 0.265. The number of anilines is 1. The van der Waals surface area contributed by atoms with Gasteiger partial charge in [-0.2, -0.15) is 0 Å². The Kier molecular flexibility index (Phi) is 5.12. The maximum atomic E-state index is 11.8. The van der Waals surface area contributed by atoms with E-state index in [1.165, 1.54) is 0 Å². The minimum atomic E-state index is -0.371. The lowest BCUT2D eigenvalue weighted by Crippen LogP contribution is -2.47. The average Bonchev–Trinajstić information content (AvgIpc) is 2.47. The van der Waals surface area contributed by atoms with Gasteiger partial charge in [0.1, 0.15) is 0 Å². The lowest BCUT2D eigenvalue weighted by Gasteiger charge is -2.38. The van der Waals surface area contributed by atoms with Crippen LogP contribution in [0.3, 0.4) is 0 Å². The molecular formula is C15H24N4O2. The molecular weight excluding hydrogens is 268 g/mol. The van der Waals surface area contributed by atoms with Crippen molar-refractivity contribution in [3.8, 4) is 0 Å². The number of piperidine rings is 1. The standard InChI is InChI=1S/C15H24N4O2/c1-4-21-14(20)13-9-17-15(18-11(13)3)19-6-5-10(2)7-12(19)8-16/h9-10,12H,4-8,16H2,1-3H3. The summed E-state index contributed by atoms with van der Waals surface area (Å²) < 4.78 is 5.00. The average molecular weight is 292 g/mol. The van der Waals surface area contributed by atoms with Crippen LogP contribution in [0.15, 0.2) is 6.20 Å². The first-order valence-electron chi connectivity index (χ1n) is 7.54. The normalized spacial score (nSPS) is 22.2. The van der Waals surface area contributed by atoms with E-state index in [2.05, 4.69) is 21.8 Å². The van der Waals surface area contributed by atoms with E-state index < -0.39 is 0 Å². The largest absolute Gasteiger partial charge is 0.462 e. The molecule has 0 spiro atoms. The van der Waals surface area contributed by atoms with Crippen LogP contribution in [0.1, 0.15) is 42.7 Å². The SMILES string of the molecule is CCOC(=O)c1cnc(N2CCC(C)CC2CN)nc1C. The minimum Gasteiger partial charge on any atom is -0.462 e. The molecule has 0 radical (unpaired) electrons. The van der Waals surface area contributed by atoms with Gasteiger partial charge in [-0.1, -0.05) is 6.92 Å². The van der Waals surface area contributed by atoms with Crippen molar-refractivity contribution in [3.05, 3.63) is 17.5 Å². The Morgan fingerprint density at radius 1 is 1.57 bits per heavy atom. The highest BCUT2D eigenvalue weighted by Gasteiger charge is 2.27. The molecule has 2 unspecified atom stereocenters. The van der Waals surface area contributed by atoms with E-state index in [0.29, 0.717) is 36.3 Å². The molecule has 1 aliphatic heterocycles. The van der Waals surface area contributed by atoms with E-state index in [-0.39, 0.29) is 12.0 Å². The van der Waals surface area contributed by atoms with E-state index in [1.54, 1.807) is 13.1 Å². The van der Waals surface area contributed by atoms with Crippen molar-refractivity contribution in [3.63, 3.8) is 0 Å². The van der Waals surface area contributed by atoms with Crippen molar-refractivity contribution in [2.75, 3.05) is 24.6 Å². The Hall–Kier alpha value is -1.69. The van der Waals surface area contributed by atoms with E-state index in [4.69, 9.17) is 10.5 Å². The van der Waals surface area contributed by atoms with Crippen molar-refractivity contribution in [2.24, 2.45) is 11.7 Å². The van der Waals surface area contributed by atoms with Crippen LogP contribution in [0, 0.1) is 12.8 Å². The van der Waals surface area contributed by atoms with Crippen LogP contribution in [-0.4, -0.2) is 41.7 Å². The Morgan fingerprint density at radius 2 is 2.33 bits per heavy atom. The molecule has 1 fully saturated rings. The molecule has 1 saturated heterocycles. The number of esters is 1. The topological polar surface area (TPSA) is 81.3 Å². The molecule has 2 rings (SSSR count). The van der Waals surface area contributed by atoms with Crippen LogP contribution in [0.5, 0.6) is 0 Å². The van der Waals surface area contributed by atoms with Crippen molar-refractivity contribution in [2.45, 2.75) is 39.7 Å². The van der Waals surface area contributed by atoms with Crippen molar-refractivity contribution in [1.82, 2.24) is 9.97 Å². The zero-order valence-electron chi connectivity index (χ0n) is 13.0. The summed E-state index contributed by atoms with van der Waals surface area (Å²) >= 11 is 0. The summed E-state index contributed by atoms with van der Waals surface area (Å²) in [6.07, 6.45) is 3.72. The van der Waals surface area contributed by atoms with Gasteiger partial charge in [0.05, 0.1) is 17.9 Å². The predicted molar refractivity (Wildman–Crippen MR) is 81.3 cm³/mol. The van der Waals surface area contributed by atoms with E-state index in [0.717, 1.165) is 19.4 Å². The molecule has 1 aromatic heterocycles. The number of nitrogens with zero attached hydrogens (tertiary/aromatic N) is 3. The molecule has 2 atom stereocenters. The summed E-state index contributed by atoms with van der Waals surface area (Å²) in [5.74, 6) is 0.960. The third-order valence-corrected chi connectivity index (χ3v) is 3.97. The molecule has 0 aromatic carbocycles. The van der Waals surface area contributed by atoms with Crippen LogP contribution in [0.25, 0.3) is 0 Å². The van der Waals surface area contributed by atoms with Crippen LogP contribution < -0.4 is 10.6 Å². The molecule has 1 aliphatic rings. The van der Waals surface area contributed by atoms with Gasteiger partial charge in [0.25, 0.3) is 0 Å². The van der Waals surface area contributed by atoms with Crippen LogP contribution in [0.2, 0.25) is 0 Å². The Labute approximate surface area is 125 Å². The van der Waals surface area contributed by atoms with Gasteiger partial charge in [-0.3, -0.25) is 0 Å². The molecule has 0 saturated carbocycles. The zero-order valence-corrected chi connectivity index (χ0v) is 13.0. The highest BCUT2D eigenvalue weighted by molar-refractivity contribution is 5.90. The fourth-order valence-corrected chi connectivity index (χ4v) is 2.74. The number of rotatable bonds is 4. The number of hydrogen-bond acceptors (Lipinski definition) is 6. The third-order valence-electron chi connectivity index (χ3n) is 3.97. The summed E-state index contributed by atoms with van der Waals surface area (Å²) in [5.41, 5.74) is 6.95. The zero-order chi connectivity index (χ0) is 15.4. The van der Waals surface area contributed by atoms with Crippen LogP contribution in [0.4, 0.5) is 5.95 Å². The molecule has 2 heterocycles. The number of nitrogens with two attached hydrogens (primary N) is 1. The smallest absolute Gasteiger partial charge is 0.341 e. The molecule has 1 aromatic rings. The van der Waals surface area contributed by atoms with E-state index in [9.17, 15) is 4.79 Å². The van der Waals surface area contributed by atoms with Gasteiger partial charge < -0.3 is 15.4 Å². The number of aromatic nitrogens is 2. The molecule has 6 heteroatoms. The molecule has 0 aliphatic carbocycles. The van der Waals surface area contributed by atoms with Gasteiger partial charge in [-0.25, -0.2) is 14.8 Å². The summed E-state index contributed by atoms with van der Waals surface area (Å²) in [4.78, 5) is 22.8. The lowest BCUT2D eigenvalue weighted by molar-refractivity contribution is 0.0524. The van der Waals surface area contributed by atoms with Crippen LogP contribution in [-0.2, 0) is 4.74 Å². The Morgan fingerprint density at radius 3 is 2.95 bits per heavy atom. The number of carbonyl (C=O) groups is 1. The molecule has 0 amide bonds. The van der Waals surface area contributed by atoms with Crippen molar-refractivity contribution >= 4 is 11.9 Å². The predicted octanol–water partition coefficient (Wildman–Crippen LogP) is 1.53. The van der Waals surface area contributed by atoms with Gasteiger partial charge in [-0.15, -0.1) is 0 Å². The summed E-state index contributed by atoms with van der Waals surface area (Å²) in [7, 11) is 0. The molecule has 6 nitrogen and oxygen atoms in total. The molecule has 21 heavy (non-hydrogen) atoms. The maximum absolute atomic E-state index is 11.8. The number of aryl methyl sites for hydroxylation is 1. The second-order valence-electron chi connectivity index (χ2n) is 5.60. The third kappa shape index (κ3) is 3.50. The monoisotopic (exact) mass is 292 g/mol. The quantitative estimate of drug-likeness (QED) is 0.847. The first-order valence-corrected chi connectivity index (χ1v) is 7.54. The highest BCUT2D eigenvalue weighted by Crippen LogP contribution is 2.25. The Balaban J connectivity index is 2.21. The van der Waals surface area contributed by atoms with E-state index >= 15 is 0 Å². The van der Waals surface area contributed by atoms with Gasteiger partial charge >= 0.3 is 5.97 Å². The fraction of sp³-hybridized carbons (Fsp3) is 0.667. The van der Waals surface area contributed by atoms with Crippen molar-refractivity contribution < 1.29 is 9.53 Å². The van der Waals surface area contributed by atoms with Gasteiger partial charge in [0.15, 0.2) is 0 Å². The first kappa shape index (κ1) is 15.7. The molecule has 116 valence electrons. The molecule has 0 bridgehead atoms. The highest BCUT2D eigenvalue weighted by atomic mass is 16.5. The molecule has 2 N–H and O–H groups in total.